The molecule has 0 bridgehead atoms. The standard InChI is InChI=1S/C18H24N2O2/c1-6-14(4)11-17(20-13(2)3)15(5)12-22-18(21)16-9-7-8-10-19-16/h6-10H,11-12H2,1-5H3/b14-6+,17-15-. The zero-order valence-electron chi connectivity index (χ0n) is 14.0. The van der Waals surface area contributed by atoms with Gasteiger partial charge in [-0.05, 0) is 52.3 Å². The number of esters is 1. The molecule has 4 nitrogen and oxygen atoms in total. The summed E-state index contributed by atoms with van der Waals surface area (Å²) < 4.78 is 5.32. The van der Waals surface area contributed by atoms with Gasteiger partial charge in [-0.3, -0.25) is 4.99 Å². The van der Waals surface area contributed by atoms with E-state index in [1.807, 2.05) is 27.7 Å². The Kier molecular flexibility index (Phi) is 7.23. The van der Waals surface area contributed by atoms with E-state index in [1.54, 1.807) is 24.4 Å². The van der Waals surface area contributed by atoms with Crippen LogP contribution in [-0.2, 0) is 4.74 Å². The van der Waals surface area contributed by atoms with Crippen LogP contribution in [0, 0.1) is 0 Å². The smallest absolute Gasteiger partial charge is 0.357 e. The maximum Gasteiger partial charge on any atom is 0.357 e. The van der Waals surface area contributed by atoms with E-state index in [1.165, 1.54) is 5.57 Å². The highest BCUT2D eigenvalue weighted by atomic mass is 16.5. The SMILES string of the molecule is C/C=C(\C)C/C(N=C(C)C)=C(\C)COC(=O)c1ccccn1. The number of hydrogen-bond acceptors (Lipinski definition) is 4. The van der Waals surface area contributed by atoms with Crippen molar-refractivity contribution in [3.05, 3.63) is 53.0 Å². The Morgan fingerprint density at radius 3 is 2.55 bits per heavy atom. The molecule has 0 saturated carbocycles. The lowest BCUT2D eigenvalue weighted by Gasteiger charge is -2.10. The normalized spacial score (nSPS) is 12.5. The molecule has 0 saturated heterocycles. The second kappa shape index (κ2) is 8.93. The van der Waals surface area contributed by atoms with E-state index in [4.69, 9.17) is 4.74 Å². The second-order valence-corrected chi connectivity index (χ2v) is 5.39. The van der Waals surface area contributed by atoms with Crippen LogP contribution < -0.4 is 0 Å². The van der Waals surface area contributed by atoms with Crippen molar-refractivity contribution in [1.82, 2.24) is 4.98 Å². The van der Waals surface area contributed by atoms with Gasteiger partial charge in [0.15, 0.2) is 0 Å². The Hall–Kier alpha value is -2.23. The van der Waals surface area contributed by atoms with Crippen LogP contribution in [0.5, 0.6) is 0 Å². The van der Waals surface area contributed by atoms with Crippen molar-refractivity contribution in [2.24, 2.45) is 4.99 Å². The molecule has 0 aliphatic heterocycles. The van der Waals surface area contributed by atoms with E-state index in [2.05, 4.69) is 23.0 Å². The Morgan fingerprint density at radius 1 is 1.27 bits per heavy atom. The first-order chi connectivity index (χ1) is 10.4. The van der Waals surface area contributed by atoms with Gasteiger partial charge in [0.2, 0.25) is 0 Å². The fraction of sp³-hybridized carbons (Fsp3) is 0.389. The van der Waals surface area contributed by atoms with Crippen molar-refractivity contribution in [2.75, 3.05) is 6.61 Å². The molecule has 0 aromatic carbocycles. The molecule has 0 radical (unpaired) electrons. The average Bonchev–Trinajstić information content (AvgIpc) is 2.51. The predicted octanol–water partition coefficient (Wildman–Crippen LogP) is 4.35. The molecule has 0 aliphatic carbocycles. The maximum absolute atomic E-state index is 11.9. The van der Waals surface area contributed by atoms with Gasteiger partial charge in [0, 0.05) is 24.0 Å². The first-order valence-electron chi connectivity index (χ1n) is 7.34. The Morgan fingerprint density at radius 2 is 2.00 bits per heavy atom. The number of pyridine rings is 1. The zero-order chi connectivity index (χ0) is 16.5. The number of hydrogen-bond donors (Lipinski definition) is 0. The second-order valence-electron chi connectivity index (χ2n) is 5.39. The lowest BCUT2D eigenvalue weighted by atomic mass is 10.1. The van der Waals surface area contributed by atoms with Crippen molar-refractivity contribution in [2.45, 2.75) is 41.0 Å². The van der Waals surface area contributed by atoms with Crippen molar-refractivity contribution in [3.63, 3.8) is 0 Å². The minimum atomic E-state index is -0.417. The summed E-state index contributed by atoms with van der Waals surface area (Å²) in [6.45, 7) is 10.1. The Labute approximate surface area is 132 Å². The maximum atomic E-state index is 11.9. The van der Waals surface area contributed by atoms with Gasteiger partial charge in [0.25, 0.3) is 0 Å². The topological polar surface area (TPSA) is 51.5 Å². The summed E-state index contributed by atoms with van der Waals surface area (Å²) in [6, 6.07) is 5.16. The molecule has 22 heavy (non-hydrogen) atoms. The molecule has 1 heterocycles. The lowest BCUT2D eigenvalue weighted by molar-refractivity contribution is 0.0532. The molecule has 0 atom stereocenters. The van der Waals surface area contributed by atoms with Crippen LogP contribution in [0.1, 0.15) is 51.5 Å². The molecule has 4 heteroatoms. The largest absolute Gasteiger partial charge is 0.456 e. The van der Waals surface area contributed by atoms with E-state index in [0.29, 0.717) is 5.69 Å². The van der Waals surface area contributed by atoms with Crippen molar-refractivity contribution >= 4 is 11.7 Å². The Bertz CT molecular complexity index is 595. The van der Waals surface area contributed by atoms with E-state index in [-0.39, 0.29) is 6.61 Å². The summed E-state index contributed by atoms with van der Waals surface area (Å²) in [6.07, 6.45) is 4.40. The molecule has 0 amide bonds. The van der Waals surface area contributed by atoms with E-state index in [9.17, 15) is 4.79 Å². The third-order valence-electron chi connectivity index (χ3n) is 3.08. The first-order valence-corrected chi connectivity index (χ1v) is 7.34. The molecule has 0 fully saturated rings. The number of carbonyl (C=O) groups excluding carboxylic acids is 1. The van der Waals surface area contributed by atoms with Crippen LogP contribution in [0.2, 0.25) is 0 Å². The molecule has 1 rings (SSSR count). The fourth-order valence-corrected chi connectivity index (χ4v) is 1.74. The lowest BCUT2D eigenvalue weighted by Crippen LogP contribution is -2.09. The molecule has 1 aromatic heterocycles. The number of aliphatic imine (C=N–C) groups is 1. The van der Waals surface area contributed by atoms with Crippen molar-refractivity contribution < 1.29 is 9.53 Å². The monoisotopic (exact) mass is 300 g/mol. The highest BCUT2D eigenvalue weighted by Gasteiger charge is 2.10. The third-order valence-corrected chi connectivity index (χ3v) is 3.08. The zero-order valence-corrected chi connectivity index (χ0v) is 14.0. The number of allylic oxidation sites excluding steroid dienone is 2. The highest BCUT2D eigenvalue weighted by Crippen LogP contribution is 2.17. The summed E-state index contributed by atoms with van der Waals surface area (Å²) >= 11 is 0. The van der Waals surface area contributed by atoms with E-state index >= 15 is 0 Å². The molecule has 1 aromatic rings. The van der Waals surface area contributed by atoms with Crippen LogP contribution in [0.3, 0.4) is 0 Å². The van der Waals surface area contributed by atoms with Crippen molar-refractivity contribution in [1.29, 1.82) is 0 Å². The fourth-order valence-electron chi connectivity index (χ4n) is 1.74. The average molecular weight is 300 g/mol. The van der Waals surface area contributed by atoms with Crippen LogP contribution in [0.4, 0.5) is 0 Å². The van der Waals surface area contributed by atoms with E-state index in [0.717, 1.165) is 23.4 Å². The van der Waals surface area contributed by atoms with E-state index < -0.39 is 5.97 Å². The van der Waals surface area contributed by atoms with Gasteiger partial charge < -0.3 is 4.74 Å². The number of carbonyl (C=O) groups is 1. The summed E-state index contributed by atoms with van der Waals surface area (Å²) in [5.74, 6) is -0.417. The van der Waals surface area contributed by atoms with Gasteiger partial charge in [-0.2, -0.15) is 0 Å². The molecule has 0 N–H and O–H groups in total. The molecule has 118 valence electrons. The first kappa shape index (κ1) is 17.8. The molecule has 0 unspecified atom stereocenters. The number of ether oxygens (including phenoxy) is 1. The van der Waals surface area contributed by atoms with Gasteiger partial charge in [-0.1, -0.05) is 17.7 Å². The number of nitrogens with zero attached hydrogens (tertiary/aromatic N) is 2. The van der Waals surface area contributed by atoms with Crippen molar-refractivity contribution in [3.8, 4) is 0 Å². The van der Waals surface area contributed by atoms with Crippen LogP contribution >= 0.6 is 0 Å². The van der Waals surface area contributed by atoms with Crippen LogP contribution in [0.25, 0.3) is 0 Å². The molecular formula is C18H24N2O2. The summed E-state index contributed by atoms with van der Waals surface area (Å²) in [7, 11) is 0. The van der Waals surface area contributed by atoms with Gasteiger partial charge in [0.05, 0.1) is 0 Å². The summed E-state index contributed by atoms with van der Waals surface area (Å²) in [4.78, 5) is 20.5. The molecular weight excluding hydrogens is 276 g/mol. The minimum absolute atomic E-state index is 0.221. The van der Waals surface area contributed by atoms with Gasteiger partial charge in [-0.25, -0.2) is 9.78 Å². The Balaban J connectivity index is 2.82. The number of rotatable bonds is 6. The van der Waals surface area contributed by atoms with Crippen LogP contribution in [0.15, 0.2) is 52.3 Å². The van der Waals surface area contributed by atoms with Gasteiger partial charge >= 0.3 is 5.97 Å². The predicted molar refractivity (Wildman–Crippen MR) is 90.1 cm³/mol. The summed E-state index contributed by atoms with van der Waals surface area (Å²) in [5.41, 5.74) is 4.43. The molecule has 0 aliphatic rings. The number of aromatic nitrogens is 1. The van der Waals surface area contributed by atoms with Crippen LogP contribution in [-0.4, -0.2) is 23.3 Å². The molecule has 0 spiro atoms. The van der Waals surface area contributed by atoms with Gasteiger partial charge in [0.1, 0.15) is 12.3 Å². The highest BCUT2D eigenvalue weighted by molar-refractivity contribution is 5.87. The quantitative estimate of drug-likeness (QED) is 0.446. The minimum Gasteiger partial charge on any atom is -0.456 e. The third kappa shape index (κ3) is 6.04. The summed E-state index contributed by atoms with van der Waals surface area (Å²) in [5, 5.41) is 0. The van der Waals surface area contributed by atoms with Gasteiger partial charge in [-0.15, -0.1) is 0 Å².